The van der Waals surface area contributed by atoms with Crippen LogP contribution >= 0.6 is 0 Å². The van der Waals surface area contributed by atoms with E-state index in [0.29, 0.717) is 0 Å². The molecule has 0 saturated carbocycles. The Morgan fingerprint density at radius 3 is 2.72 bits per heavy atom. The van der Waals surface area contributed by atoms with Crippen molar-refractivity contribution >= 4 is 15.7 Å². The predicted octanol–water partition coefficient (Wildman–Crippen LogP) is 1.65. The molecule has 0 radical (unpaired) electrons. The number of sulfonamides is 1. The summed E-state index contributed by atoms with van der Waals surface area (Å²) < 4.78 is 31.4. The number of nitrogens with one attached hydrogen (secondary N) is 1. The van der Waals surface area contributed by atoms with Crippen LogP contribution in [0.4, 0.5) is 5.69 Å². The minimum absolute atomic E-state index is 0.0941. The number of anilines is 1. The lowest BCUT2D eigenvalue weighted by Gasteiger charge is -2.08. The van der Waals surface area contributed by atoms with E-state index in [4.69, 9.17) is 10.2 Å². The molecule has 2 aromatic rings. The smallest absolute Gasteiger partial charge is 0.242 e. The molecule has 0 aliphatic carbocycles. The monoisotopic (exact) mass is 266 g/mol. The summed E-state index contributed by atoms with van der Waals surface area (Å²) in [5.74, 6) is 0. The van der Waals surface area contributed by atoms with Gasteiger partial charge in [0.2, 0.25) is 10.0 Å². The van der Waals surface area contributed by atoms with E-state index in [-0.39, 0.29) is 17.1 Å². The third-order valence-corrected chi connectivity index (χ3v) is 3.98. The highest BCUT2D eigenvalue weighted by atomic mass is 32.2. The van der Waals surface area contributed by atoms with E-state index in [2.05, 4.69) is 4.72 Å². The number of furan rings is 1. The van der Waals surface area contributed by atoms with E-state index in [1.54, 1.807) is 18.2 Å². The first-order chi connectivity index (χ1) is 8.49. The van der Waals surface area contributed by atoms with Crippen molar-refractivity contribution in [2.24, 2.45) is 0 Å². The highest BCUT2D eigenvalue weighted by Crippen LogP contribution is 2.19. The second kappa shape index (κ2) is 4.83. The maximum Gasteiger partial charge on any atom is 0.242 e. The van der Waals surface area contributed by atoms with E-state index in [1.807, 2.05) is 6.92 Å². The zero-order valence-electron chi connectivity index (χ0n) is 9.88. The Morgan fingerprint density at radius 2 is 2.11 bits per heavy atom. The van der Waals surface area contributed by atoms with Crippen molar-refractivity contribution in [3.63, 3.8) is 0 Å². The second-order valence-corrected chi connectivity index (χ2v) is 5.73. The Bertz CT molecular complexity index is 633. The van der Waals surface area contributed by atoms with Gasteiger partial charge in [0.1, 0.15) is 4.90 Å². The molecule has 0 atom stereocenters. The largest absolute Gasteiger partial charge is 0.472 e. The summed E-state index contributed by atoms with van der Waals surface area (Å²) in [4.78, 5) is 0.0941. The summed E-state index contributed by atoms with van der Waals surface area (Å²) >= 11 is 0. The minimum atomic E-state index is -3.60. The van der Waals surface area contributed by atoms with Gasteiger partial charge >= 0.3 is 0 Å². The molecule has 0 amide bonds. The van der Waals surface area contributed by atoms with Crippen molar-refractivity contribution in [3.05, 3.63) is 47.9 Å². The first-order valence-corrected chi connectivity index (χ1v) is 6.84. The van der Waals surface area contributed by atoms with E-state index in [0.717, 1.165) is 11.1 Å². The molecule has 0 unspecified atom stereocenters. The first kappa shape index (κ1) is 12.7. The SMILES string of the molecule is Cc1ccc(S(=O)(=O)NCc2ccoc2)c(N)c1. The van der Waals surface area contributed by atoms with Gasteiger partial charge < -0.3 is 10.2 Å². The van der Waals surface area contributed by atoms with Crippen LogP contribution in [0.3, 0.4) is 0 Å². The molecule has 1 aromatic carbocycles. The van der Waals surface area contributed by atoms with Gasteiger partial charge in [-0.2, -0.15) is 0 Å². The van der Waals surface area contributed by atoms with Crippen LogP contribution in [0.2, 0.25) is 0 Å². The third-order valence-electron chi connectivity index (χ3n) is 2.50. The molecule has 5 nitrogen and oxygen atoms in total. The van der Waals surface area contributed by atoms with Crippen molar-refractivity contribution in [2.75, 3.05) is 5.73 Å². The fourth-order valence-electron chi connectivity index (χ4n) is 1.56. The van der Waals surface area contributed by atoms with Crippen LogP contribution < -0.4 is 10.5 Å². The molecule has 0 saturated heterocycles. The number of rotatable bonds is 4. The van der Waals surface area contributed by atoms with Crippen LogP contribution in [0.25, 0.3) is 0 Å². The summed E-state index contributed by atoms with van der Waals surface area (Å²) in [6.45, 7) is 2.03. The molecule has 0 aliphatic heterocycles. The maximum absolute atomic E-state index is 12.0. The quantitative estimate of drug-likeness (QED) is 0.824. The van der Waals surface area contributed by atoms with Crippen molar-refractivity contribution < 1.29 is 12.8 Å². The Morgan fingerprint density at radius 1 is 1.33 bits per heavy atom. The Hall–Kier alpha value is -1.79. The highest BCUT2D eigenvalue weighted by Gasteiger charge is 2.17. The molecule has 0 bridgehead atoms. The molecular formula is C12H14N2O3S. The number of hydrogen-bond acceptors (Lipinski definition) is 4. The van der Waals surface area contributed by atoms with Crippen LogP contribution in [-0.4, -0.2) is 8.42 Å². The molecule has 96 valence electrons. The van der Waals surface area contributed by atoms with E-state index < -0.39 is 10.0 Å². The molecular weight excluding hydrogens is 252 g/mol. The van der Waals surface area contributed by atoms with Crippen LogP contribution in [0, 0.1) is 6.92 Å². The maximum atomic E-state index is 12.0. The van der Waals surface area contributed by atoms with Crippen LogP contribution in [-0.2, 0) is 16.6 Å². The van der Waals surface area contributed by atoms with Crippen molar-refractivity contribution in [2.45, 2.75) is 18.4 Å². The first-order valence-electron chi connectivity index (χ1n) is 5.36. The van der Waals surface area contributed by atoms with Gasteiger partial charge in [-0.1, -0.05) is 6.07 Å². The molecule has 3 N–H and O–H groups in total. The average molecular weight is 266 g/mol. The molecule has 18 heavy (non-hydrogen) atoms. The van der Waals surface area contributed by atoms with Crippen LogP contribution in [0.1, 0.15) is 11.1 Å². The molecule has 0 aliphatic rings. The summed E-state index contributed by atoms with van der Waals surface area (Å²) in [5.41, 5.74) is 7.64. The van der Waals surface area contributed by atoms with Gasteiger partial charge in [0.15, 0.2) is 0 Å². The lowest BCUT2D eigenvalue weighted by molar-refractivity contribution is 0.561. The topological polar surface area (TPSA) is 85.3 Å². The summed E-state index contributed by atoms with van der Waals surface area (Å²) in [6, 6.07) is 6.54. The standard InChI is InChI=1S/C12H14N2O3S/c1-9-2-3-12(11(13)6-9)18(15,16)14-7-10-4-5-17-8-10/h2-6,8,14H,7,13H2,1H3. The van der Waals surface area contributed by atoms with Gasteiger partial charge in [-0.25, -0.2) is 13.1 Å². The Balaban J connectivity index is 2.20. The van der Waals surface area contributed by atoms with Gasteiger partial charge in [0, 0.05) is 12.1 Å². The molecule has 1 aromatic heterocycles. The number of nitrogen functional groups attached to an aromatic ring is 1. The highest BCUT2D eigenvalue weighted by molar-refractivity contribution is 7.89. The number of benzene rings is 1. The molecule has 2 rings (SSSR count). The zero-order chi connectivity index (χ0) is 13.2. The third kappa shape index (κ3) is 2.72. The number of aryl methyl sites for hydroxylation is 1. The fourth-order valence-corrected chi connectivity index (χ4v) is 2.69. The van der Waals surface area contributed by atoms with E-state index >= 15 is 0 Å². The zero-order valence-corrected chi connectivity index (χ0v) is 10.7. The van der Waals surface area contributed by atoms with Gasteiger partial charge in [-0.05, 0) is 30.7 Å². The normalized spacial score (nSPS) is 11.6. The minimum Gasteiger partial charge on any atom is -0.472 e. The number of hydrogen-bond donors (Lipinski definition) is 2. The summed E-state index contributed by atoms with van der Waals surface area (Å²) in [7, 11) is -3.60. The van der Waals surface area contributed by atoms with Gasteiger partial charge in [-0.3, -0.25) is 0 Å². The molecule has 1 heterocycles. The van der Waals surface area contributed by atoms with E-state index in [1.165, 1.54) is 18.6 Å². The second-order valence-electron chi connectivity index (χ2n) is 4.00. The van der Waals surface area contributed by atoms with Gasteiger partial charge in [0.05, 0.1) is 18.2 Å². The molecule has 0 fully saturated rings. The van der Waals surface area contributed by atoms with E-state index in [9.17, 15) is 8.42 Å². The predicted molar refractivity (Wildman–Crippen MR) is 68.3 cm³/mol. The van der Waals surface area contributed by atoms with Crippen molar-refractivity contribution in [3.8, 4) is 0 Å². The lowest BCUT2D eigenvalue weighted by atomic mass is 10.2. The van der Waals surface area contributed by atoms with Crippen LogP contribution in [0.15, 0.2) is 46.1 Å². The molecule has 6 heteroatoms. The summed E-state index contributed by atoms with van der Waals surface area (Å²) in [5, 5.41) is 0. The average Bonchev–Trinajstić information content (AvgIpc) is 2.78. The summed E-state index contributed by atoms with van der Waals surface area (Å²) in [6.07, 6.45) is 2.98. The van der Waals surface area contributed by atoms with Gasteiger partial charge in [-0.15, -0.1) is 0 Å². The van der Waals surface area contributed by atoms with Crippen LogP contribution in [0.5, 0.6) is 0 Å². The lowest BCUT2D eigenvalue weighted by Crippen LogP contribution is -2.24. The van der Waals surface area contributed by atoms with Crippen molar-refractivity contribution in [1.82, 2.24) is 4.72 Å². The fraction of sp³-hybridized carbons (Fsp3) is 0.167. The van der Waals surface area contributed by atoms with Gasteiger partial charge in [0.25, 0.3) is 0 Å². The Labute approximate surface area is 106 Å². The van der Waals surface area contributed by atoms with Crippen molar-refractivity contribution in [1.29, 1.82) is 0 Å². The molecule has 0 spiro atoms. The Kier molecular flexibility index (Phi) is 3.40. The number of nitrogens with two attached hydrogens (primary N) is 1.